The molecule has 0 amide bonds. The molecule has 1 saturated carbocycles. The zero-order chi connectivity index (χ0) is 17.2. The molecule has 0 N–H and O–H groups in total. The third kappa shape index (κ3) is 3.58. The summed E-state index contributed by atoms with van der Waals surface area (Å²) in [5.74, 6) is 1.33. The van der Waals surface area contributed by atoms with Gasteiger partial charge in [0.1, 0.15) is 5.78 Å². The van der Waals surface area contributed by atoms with Gasteiger partial charge in [0.05, 0.1) is 0 Å². The van der Waals surface area contributed by atoms with Gasteiger partial charge in [0.2, 0.25) is 0 Å². The first kappa shape index (κ1) is 15.9. The van der Waals surface area contributed by atoms with E-state index in [1.54, 1.807) is 6.92 Å². The van der Waals surface area contributed by atoms with Gasteiger partial charge in [-0.2, -0.15) is 0 Å². The van der Waals surface area contributed by atoms with Crippen LogP contribution in [0.25, 0.3) is 16.8 Å². The molecule has 126 valence electrons. The van der Waals surface area contributed by atoms with E-state index < -0.39 is 0 Å². The van der Waals surface area contributed by atoms with Crippen LogP contribution in [-0.4, -0.2) is 10.4 Å². The molecule has 1 aliphatic carbocycles. The minimum absolute atomic E-state index is 0.343. The number of benzene rings is 2. The normalized spacial score (nSPS) is 18.9. The average Bonchev–Trinajstić information content (AvgIpc) is 3.22. The lowest BCUT2D eigenvalue weighted by molar-refractivity contribution is -0.118. The Bertz CT molecular complexity index is 861. The van der Waals surface area contributed by atoms with Gasteiger partial charge in [-0.15, -0.1) is 0 Å². The van der Waals surface area contributed by atoms with Crippen molar-refractivity contribution in [2.24, 2.45) is 11.8 Å². The Labute approximate surface area is 149 Å². The van der Waals surface area contributed by atoms with Crippen molar-refractivity contribution in [3.05, 3.63) is 78.6 Å². The summed E-state index contributed by atoms with van der Waals surface area (Å²) in [7, 11) is 0. The number of rotatable bonds is 6. The molecule has 1 heterocycles. The number of ketones is 1. The Balaban J connectivity index is 1.44. The zero-order valence-corrected chi connectivity index (χ0v) is 14.6. The average molecular weight is 329 g/mol. The van der Waals surface area contributed by atoms with Crippen molar-refractivity contribution in [3.8, 4) is 16.8 Å². The SMILES string of the molecule is CC(=O)C1CC1CCc1ccc(-c2cccc(-n3cccc3)c2)cc1. The summed E-state index contributed by atoms with van der Waals surface area (Å²) < 4.78 is 2.12. The molecule has 2 aromatic carbocycles. The fourth-order valence-electron chi connectivity index (χ4n) is 3.63. The predicted octanol–water partition coefficient (Wildman–Crippen LogP) is 5.30. The summed E-state index contributed by atoms with van der Waals surface area (Å²) in [6.45, 7) is 1.72. The van der Waals surface area contributed by atoms with E-state index in [-0.39, 0.29) is 0 Å². The molecule has 1 fully saturated rings. The van der Waals surface area contributed by atoms with Crippen molar-refractivity contribution in [3.63, 3.8) is 0 Å². The van der Waals surface area contributed by atoms with Crippen molar-refractivity contribution in [1.82, 2.24) is 4.57 Å². The summed E-state index contributed by atoms with van der Waals surface area (Å²) in [5.41, 5.74) is 5.01. The van der Waals surface area contributed by atoms with Crippen LogP contribution in [0.3, 0.4) is 0 Å². The summed E-state index contributed by atoms with van der Waals surface area (Å²) in [4.78, 5) is 11.3. The third-order valence-corrected chi connectivity index (χ3v) is 5.28. The highest BCUT2D eigenvalue weighted by Crippen LogP contribution is 2.42. The lowest BCUT2D eigenvalue weighted by Crippen LogP contribution is -1.96. The largest absolute Gasteiger partial charge is 0.324 e. The molecular weight excluding hydrogens is 306 g/mol. The number of carbonyl (C=O) groups is 1. The Morgan fingerprint density at radius 1 is 1.00 bits per heavy atom. The highest BCUT2D eigenvalue weighted by molar-refractivity contribution is 5.81. The van der Waals surface area contributed by atoms with E-state index in [0.29, 0.717) is 17.6 Å². The second kappa shape index (κ2) is 6.72. The molecule has 25 heavy (non-hydrogen) atoms. The Morgan fingerprint density at radius 3 is 2.44 bits per heavy atom. The summed E-state index contributed by atoms with van der Waals surface area (Å²) in [6.07, 6.45) is 7.42. The number of aryl methyl sites for hydroxylation is 1. The van der Waals surface area contributed by atoms with E-state index in [9.17, 15) is 4.79 Å². The number of carbonyl (C=O) groups excluding carboxylic acids is 1. The second-order valence-corrected chi connectivity index (χ2v) is 7.09. The zero-order valence-electron chi connectivity index (χ0n) is 14.6. The molecule has 0 spiro atoms. The van der Waals surface area contributed by atoms with Crippen LogP contribution in [0.15, 0.2) is 73.1 Å². The lowest BCUT2D eigenvalue weighted by atomic mass is 10.0. The van der Waals surface area contributed by atoms with E-state index in [2.05, 4.69) is 65.5 Å². The van der Waals surface area contributed by atoms with Crippen molar-refractivity contribution >= 4 is 5.78 Å². The van der Waals surface area contributed by atoms with Gasteiger partial charge in [-0.1, -0.05) is 36.4 Å². The summed E-state index contributed by atoms with van der Waals surface area (Å²) in [6, 6.07) is 21.5. The smallest absolute Gasteiger partial charge is 0.133 e. The van der Waals surface area contributed by atoms with Crippen LogP contribution < -0.4 is 0 Å². The van der Waals surface area contributed by atoms with Gasteiger partial charge < -0.3 is 4.57 Å². The molecule has 2 nitrogen and oxygen atoms in total. The van der Waals surface area contributed by atoms with Crippen LogP contribution in [0.4, 0.5) is 0 Å². The van der Waals surface area contributed by atoms with Crippen LogP contribution in [0, 0.1) is 11.8 Å². The second-order valence-electron chi connectivity index (χ2n) is 7.09. The summed E-state index contributed by atoms with van der Waals surface area (Å²) in [5, 5.41) is 0. The Kier molecular flexibility index (Phi) is 4.27. The Hall–Kier alpha value is -2.61. The number of hydrogen-bond acceptors (Lipinski definition) is 1. The molecule has 2 heteroatoms. The lowest BCUT2D eigenvalue weighted by Gasteiger charge is -2.08. The Morgan fingerprint density at radius 2 is 1.76 bits per heavy atom. The molecule has 3 aromatic rings. The molecular formula is C23H23NO. The molecule has 4 rings (SSSR count). The van der Waals surface area contributed by atoms with Gasteiger partial charge in [0.15, 0.2) is 0 Å². The molecule has 1 aromatic heterocycles. The van der Waals surface area contributed by atoms with Gasteiger partial charge in [-0.3, -0.25) is 4.79 Å². The van der Waals surface area contributed by atoms with Gasteiger partial charge in [-0.05, 0) is 73.1 Å². The minimum Gasteiger partial charge on any atom is -0.324 e. The quantitative estimate of drug-likeness (QED) is 0.601. The molecule has 2 atom stereocenters. The van der Waals surface area contributed by atoms with Gasteiger partial charge >= 0.3 is 0 Å². The molecule has 2 unspecified atom stereocenters. The summed E-state index contributed by atoms with van der Waals surface area (Å²) >= 11 is 0. The van der Waals surface area contributed by atoms with E-state index >= 15 is 0 Å². The van der Waals surface area contributed by atoms with Gasteiger partial charge in [-0.25, -0.2) is 0 Å². The minimum atomic E-state index is 0.343. The van der Waals surface area contributed by atoms with Crippen molar-refractivity contribution in [2.75, 3.05) is 0 Å². The van der Waals surface area contributed by atoms with Crippen molar-refractivity contribution in [2.45, 2.75) is 26.2 Å². The van der Waals surface area contributed by atoms with Crippen LogP contribution in [0.5, 0.6) is 0 Å². The highest BCUT2D eigenvalue weighted by atomic mass is 16.1. The number of Topliss-reactive ketones (excluding diaryl/α,β-unsaturated/α-hetero) is 1. The van der Waals surface area contributed by atoms with E-state index in [4.69, 9.17) is 0 Å². The molecule has 1 aliphatic rings. The topological polar surface area (TPSA) is 22.0 Å². The third-order valence-electron chi connectivity index (χ3n) is 5.28. The first-order valence-electron chi connectivity index (χ1n) is 9.04. The monoisotopic (exact) mass is 329 g/mol. The molecule has 0 aliphatic heterocycles. The van der Waals surface area contributed by atoms with E-state index in [0.717, 1.165) is 19.3 Å². The van der Waals surface area contributed by atoms with Gasteiger partial charge in [0, 0.05) is 24.0 Å². The van der Waals surface area contributed by atoms with Crippen LogP contribution in [0.1, 0.15) is 25.3 Å². The molecule has 0 saturated heterocycles. The van der Waals surface area contributed by atoms with Crippen molar-refractivity contribution < 1.29 is 4.79 Å². The fraction of sp³-hybridized carbons (Fsp3) is 0.261. The maximum Gasteiger partial charge on any atom is 0.133 e. The van der Waals surface area contributed by atoms with Crippen LogP contribution in [-0.2, 0) is 11.2 Å². The maximum atomic E-state index is 11.3. The van der Waals surface area contributed by atoms with Crippen molar-refractivity contribution in [1.29, 1.82) is 0 Å². The first-order valence-corrected chi connectivity index (χ1v) is 9.04. The number of aromatic nitrogens is 1. The molecule has 0 bridgehead atoms. The van der Waals surface area contributed by atoms with Gasteiger partial charge in [0.25, 0.3) is 0 Å². The van der Waals surface area contributed by atoms with Crippen LogP contribution in [0.2, 0.25) is 0 Å². The highest BCUT2D eigenvalue weighted by Gasteiger charge is 2.39. The number of nitrogens with zero attached hydrogens (tertiary/aromatic N) is 1. The molecule has 0 radical (unpaired) electrons. The van der Waals surface area contributed by atoms with E-state index in [1.807, 2.05) is 12.1 Å². The van der Waals surface area contributed by atoms with E-state index in [1.165, 1.54) is 22.4 Å². The standard InChI is InChI=1S/C23H23NO/c1-17(25)23-16-21(23)12-9-18-7-10-19(11-8-18)20-5-4-6-22(15-20)24-13-2-3-14-24/h2-8,10-11,13-15,21,23H,9,12,16H2,1H3. The van der Waals surface area contributed by atoms with Crippen LogP contribution >= 0.6 is 0 Å². The fourth-order valence-corrected chi connectivity index (χ4v) is 3.63. The number of hydrogen-bond donors (Lipinski definition) is 0. The maximum absolute atomic E-state index is 11.3. The first-order chi connectivity index (χ1) is 12.2. The predicted molar refractivity (Wildman–Crippen MR) is 102 cm³/mol.